The number of anilines is 2. The Morgan fingerprint density at radius 1 is 1.39 bits per heavy atom. The average molecular weight is 248 g/mol. The quantitative estimate of drug-likeness (QED) is 0.861. The van der Waals surface area contributed by atoms with Crippen LogP contribution in [0.2, 0.25) is 0 Å². The molecule has 2 heterocycles. The Labute approximate surface area is 108 Å². The van der Waals surface area contributed by atoms with Gasteiger partial charge in [-0.2, -0.15) is 0 Å². The van der Waals surface area contributed by atoms with Crippen LogP contribution in [0, 0.1) is 5.92 Å². The maximum atomic E-state index is 5.80. The predicted molar refractivity (Wildman–Crippen MR) is 72.4 cm³/mol. The van der Waals surface area contributed by atoms with Crippen molar-refractivity contribution >= 4 is 11.4 Å². The molecule has 2 aliphatic heterocycles. The third-order valence-corrected chi connectivity index (χ3v) is 3.57. The first-order chi connectivity index (χ1) is 8.88. The molecule has 4 heteroatoms. The van der Waals surface area contributed by atoms with Crippen LogP contribution in [0.25, 0.3) is 0 Å². The Kier molecular flexibility index (Phi) is 3.28. The lowest BCUT2D eigenvalue weighted by atomic mass is 10.0. The summed E-state index contributed by atoms with van der Waals surface area (Å²) in [7, 11) is 0. The highest BCUT2D eigenvalue weighted by atomic mass is 16.5. The molecule has 0 radical (unpaired) electrons. The van der Waals surface area contributed by atoms with Crippen molar-refractivity contribution in [1.29, 1.82) is 0 Å². The number of ether oxygens (including phenoxy) is 2. The van der Waals surface area contributed by atoms with Gasteiger partial charge in [0.05, 0.1) is 31.5 Å². The first kappa shape index (κ1) is 11.7. The third kappa shape index (κ3) is 2.12. The second-order valence-electron chi connectivity index (χ2n) is 4.96. The lowest BCUT2D eigenvalue weighted by Gasteiger charge is -2.16. The minimum atomic E-state index is 0.417. The van der Waals surface area contributed by atoms with Crippen LogP contribution in [0.5, 0.6) is 5.75 Å². The zero-order valence-corrected chi connectivity index (χ0v) is 10.7. The standard InChI is InChI=1S/C14H20N2O2/c1-2-6-18-13-5-3-4-11-14(13)15-7-10-8-17-9-12(10)16-11/h3-5,10,12,15-16H,2,6-9H2,1H3. The van der Waals surface area contributed by atoms with Gasteiger partial charge < -0.3 is 20.1 Å². The lowest BCUT2D eigenvalue weighted by molar-refractivity contribution is 0.186. The SMILES string of the molecule is CCCOc1cccc2c1NCC1COCC1N2. The van der Waals surface area contributed by atoms with E-state index in [0.29, 0.717) is 12.0 Å². The Morgan fingerprint density at radius 3 is 3.22 bits per heavy atom. The summed E-state index contributed by atoms with van der Waals surface area (Å²) in [6.07, 6.45) is 1.02. The minimum absolute atomic E-state index is 0.417. The van der Waals surface area contributed by atoms with E-state index in [4.69, 9.17) is 9.47 Å². The van der Waals surface area contributed by atoms with Gasteiger partial charge in [0.2, 0.25) is 0 Å². The number of rotatable bonds is 3. The predicted octanol–water partition coefficient (Wildman–Crippen LogP) is 2.33. The molecule has 1 aromatic carbocycles. The summed E-state index contributed by atoms with van der Waals surface area (Å²) in [5.74, 6) is 1.49. The Bertz CT molecular complexity index is 422. The zero-order chi connectivity index (χ0) is 12.4. The van der Waals surface area contributed by atoms with Gasteiger partial charge in [-0.05, 0) is 18.6 Å². The van der Waals surface area contributed by atoms with E-state index in [0.717, 1.165) is 49.9 Å². The zero-order valence-electron chi connectivity index (χ0n) is 10.7. The second-order valence-corrected chi connectivity index (χ2v) is 4.96. The van der Waals surface area contributed by atoms with E-state index in [1.54, 1.807) is 0 Å². The van der Waals surface area contributed by atoms with Crippen molar-refractivity contribution in [2.45, 2.75) is 19.4 Å². The van der Waals surface area contributed by atoms with Crippen molar-refractivity contribution in [2.24, 2.45) is 5.92 Å². The molecule has 0 bridgehead atoms. The summed E-state index contributed by atoms with van der Waals surface area (Å²) >= 11 is 0. The molecule has 1 aromatic rings. The molecule has 4 nitrogen and oxygen atoms in total. The number of fused-ring (bicyclic) bond motifs is 2. The summed E-state index contributed by atoms with van der Waals surface area (Å²) in [4.78, 5) is 0. The van der Waals surface area contributed by atoms with Crippen molar-refractivity contribution < 1.29 is 9.47 Å². The maximum Gasteiger partial charge on any atom is 0.144 e. The molecule has 3 rings (SSSR count). The van der Waals surface area contributed by atoms with Crippen molar-refractivity contribution in [2.75, 3.05) is 37.0 Å². The van der Waals surface area contributed by atoms with Gasteiger partial charge in [-0.3, -0.25) is 0 Å². The molecular formula is C14H20N2O2. The van der Waals surface area contributed by atoms with Crippen LogP contribution >= 0.6 is 0 Å². The summed E-state index contributed by atoms with van der Waals surface area (Å²) < 4.78 is 11.3. The van der Waals surface area contributed by atoms with Gasteiger partial charge in [-0.15, -0.1) is 0 Å². The van der Waals surface area contributed by atoms with E-state index in [-0.39, 0.29) is 0 Å². The fraction of sp³-hybridized carbons (Fsp3) is 0.571. The molecule has 1 saturated heterocycles. The Hall–Kier alpha value is -1.42. The molecule has 2 unspecified atom stereocenters. The highest BCUT2D eigenvalue weighted by molar-refractivity contribution is 5.76. The van der Waals surface area contributed by atoms with E-state index in [1.165, 1.54) is 0 Å². The van der Waals surface area contributed by atoms with Gasteiger partial charge in [0, 0.05) is 12.5 Å². The van der Waals surface area contributed by atoms with Crippen molar-refractivity contribution in [3.8, 4) is 5.75 Å². The topological polar surface area (TPSA) is 42.5 Å². The molecule has 2 aliphatic rings. The van der Waals surface area contributed by atoms with E-state index in [1.807, 2.05) is 12.1 Å². The van der Waals surface area contributed by atoms with Crippen LogP contribution in [0.1, 0.15) is 13.3 Å². The van der Waals surface area contributed by atoms with Gasteiger partial charge >= 0.3 is 0 Å². The largest absolute Gasteiger partial charge is 0.491 e. The van der Waals surface area contributed by atoms with Gasteiger partial charge in [0.1, 0.15) is 11.4 Å². The summed E-state index contributed by atoms with van der Waals surface area (Å²) in [6.45, 7) is 5.45. The van der Waals surface area contributed by atoms with E-state index in [2.05, 4.69) is 23.6 Å². The summed E-state index contributed by atoms with van der Waals surface area (Å²) in [5, 5.41) is 7.08. The van der Waals surface area contributed by atoms with E-state index in [9.17, 15) is 0 Å². The van der Waals surface area contributed by atoms with Gasteiger partial charge in [-0.1, -0.05) is 13.0 Å². The van der Waals surface area contributed by atoms with Gasteiger partial charge in [-0.25, -0.2) is 0 Å². The third-order valence-electron chi connectivity index (χ3n) is 3.57. The number of para-hydroxylation sites is 1. The molecule has 1 fully saturated rings. The molecule has 0 amide bonds. The molecule has 98 valence electrons. The van der Waals surface area contributed by atoms with Crippen molar-refractivity contribution in [3.63, 3.8) is 0 Å². The molecule has 0 aromatic heterocycles. The number of hydrogen-bond acceptors (Lipinski definition) is 4. The molecule has 0 aliphatic carbocycles. The van der Waals surface area contributed by atoms with Crippen LogP contribution < -0.4 is 15.4 Å². The maximum absolute atomic E-state index is 5.80. The Morgan fingerprint density at radius 2 is 2.33 bits per heavy atom. The van der Waals surface area contributed by atoms with Crippen LogP contribution in [-0.2, 0) is 4.74 Å². The number of benzene rings is 1. The monoisotopic (exact) mass is 248 g/mol. The fourth-order valence-corrected chi connectivity index (χ4v) is 2.56. The minimum Gasteiger partial charge on any atom is -0.491 e. The normalized spacial score (nSPS) is 25.4. The second kappa shape index (κ2) is 5.06. The molecule has 2 atom stereocenters. The van der Waals surface area contributed by atoms with Crippen LogP contribution in [0.4, 0.5) is 11.4 Å². The number of hydrogen-bond donors (Lipinski definition) is 2. The van der Waals surface area contributed by atoms with E-state index < -0.39 is 0 Å². The summed E-state index contributed by atoms with van der Waals surface area (Å²) in [5.41, 5.74) is 2.22. The fourth-order valence-electron chi connectivity index (χ4n) is 2.56. The lowest BCUT2D eigenvalue weighted by Crippen LogP contribution is -2.29. The first-order valence-electron chi connectivity index (χ1n) is 6.72. The highest BCUT2D eigenvalue weighted by Gasteiger charge is 2.31. The molecule has 18 heavy (non-hydrogen) atoms. The Balaban J connectivity index is 1.85. The molecule has 2 N–H and O–H groups in total. The van der Waals surface area contributed by atoms with Crippen LogP contribution in [0.3, 0.4) is 0 Å². The summed E-state index contributed by atoms with van der Waals surface area (Å²) in [6, 6.07) is 6.58. The van der Waals surface area contributed by atoms with Crippen LogP contribution in [-0.4, -0.2) is 32.4 Å². The average Bonchev–Trinajstić information content (AvgIpc) is 2.75. The molecular weight excluding hydrogens is 228 g/mol. The smallest absolute Gasteiger partial charge is 0.144 e. The highest BCUT2D eigenvalue weighted by Crippen LogP contribution is 2.36. The van der Waals surface area contributed by atoms with Crippen molar-refractivity contribution in [1.82, 2.24) is 0 Å². The first-order valence-corrected chi connectivity index (χ1v) is 6.72. The number of nitrogens with one attached hydrogen (secondary N) is 2. The van der Waals surface area contributed by atoms with Gasteiger partial charge in [0.15, 0.2) is 0 Å². The van der Waals surface area contributed by atoms with E-state index >= 15 is 0 Å². The van der Waals surface area contributed by atoms with Crippen molar-refractivity contribution in [3.05, 3.63) is 18.2 Å². The molecule has 0 saturated carbocycles. The molecule has 0 spiro atoms. The van der Waals surface area contributed by atoms with Crippen LogP contribution in [0.15, 0.2) is 18.2 Å². The van der Waals surface area contributed by atoms with Gasteiger partial charge in [0.25, 0.3) is 0 Å².